The van der Waals surface area contributed by atoms with Crippen molar-refractivity contribution in [3.63, 3.8) is 0 Å². The van der Waals surface area contributed by atoms with Crippen LogP contribution in [0.15, 0.2) is 35.2 Å². The largest absolute Gasteiger partial charge is 0.364 e. The average Bonchev–Trinajstić information content (AvgIpc) is 2.90. The van der Waals surface area contributed by atoms with Crippen molar-refractivity contribution in [2.45, 2.75) is 19.9 Å². The molecule has 2 aromatic rings. The Hall–Kier alpha value is -2.17. The lowest BCUT2D eigenvalue weighted by molar-refractivity contribution is 0.0782. The molecule has 0 aliphatic heterocycles. The quantitative estimate of drug-likeness (QED) is 0.825. The van der Waals surface area contributed by atoms with Crippen LogP contribution in [0.4, 0.5) is 0 Å². The van der Waals surface area contributed by atoms with Gasteiger partial charge in [-0.25, -0.2) is 0 Å². The highest BCUT2D eigenvalue weighted by Gasteiger charge is 2.13. The minimum absolute atomic E-state index is 0.0462. The molecule has 18 heavy (non-hydrogen) atoms. The molecule has 5 heteroatoms. The lowest BCUT2D eigenvalue weighted by atomic mass is 10.2. The number of hydrogen-bond acceptors (Lipinski definition) is 4. The minimum Gasteiger partial charge on any atom is -0.364 e. The third kappa shape index (κ3) is 2.74. The van der Waals surface area contributed by atoms with E-state index in [-0.39, 0.29) is 5.91 Å². The standard InChI is InChI=1S/C13H15N3O2/c1-3-11-8-10(4-6-14-11)13(17)16(2)9-12-5-7-18-15-12/h4-8H,3,9H2,1-2H3. The second-order valence-corrected chi connectivity index (χ2v) is 4.04. The molecule has 0 aliphatic rings. The van der Waals surface area contributed by atoms with Crippen molar-refractivity contribution >= 4 is 5.91 Å². The lowest BCUT2D eigenvalue weighted by Gasteiger charge is -2.15. The first kappa shape index (κ1) is 12.3. The van der Waals surface area contributed by atoms with Crippen LogP contribution in [0.1, 0.15) is 28.7 Å². The fourth-order valence-electron chi connectivity index (χ4n) is 1.66. The predicted octanol–water partition coefficient (Wildman–Crippen LogP) is 1.90. The summed E-state index contributed by atoms with van der Waals surface area (Å²) in [4.78, 5) is 18.0. The van der Waals surface area contributed by atoms with E-state index in [1.165, 1.54) is 6.26 Å². The summed E-state index contributed by atoms with van der Waals surface area (Å²) in [6.45, 7) is 2.44. The van der Waals surface area contributed by atoms with Gasteiger partial charge in [-0.05, 0) is 18.6 Å². The van der Waals surface area contributed by atoms with Crippen molar-refractivity contribution in [3.8, 4) is 0 Å². The van der Waals surface area contributed by atoms with Gasteiger partial charge in [-0.3, -0.25) is 9.78 Å². The van der Waals surface area contributed by atoms with Gasteiger partial charge < -0.3 is 9.42 Å². The summed E-state index contributed by atoms with van der Waals surface area (Å²) in [5.41, 5.74) is 2.29. The Labute approximate surface area is 105 Å². The summed E-state index contributed by atoms with van der Waals surface area (Å²) in [5, 5.41) is 3.78. The highest BCUT2D eigenvalue weighted by Crippen LogP contribution is 2.08. The third-order valence-corrected chi connectivity index (χ3v) is 2.66. The SMILES string of the molecule is CCc1cc(C(=O)N(C)Cc2ccon2)ccn1. The van der Waals surface area contributed by atoms with E-state index in [0.717, 1.165) is 17.8 Å². The van der Waals surface area contributed by atoms with Gasteiger partial charge in [0.05, 0.1) is 6.54 Å². The number of carbonyl (C=O) groups excluding carboxylic acids is 1. The number of aromatic nitrogens is 2. The monoisotopic (exact) mass is 245 g/mol. The van der Waals surface area contributed by atoms with Gasteiger partial charge in [-0.15, -0.1) is 0 Å². The van der Waals surface area contributed by atoms with E-state index in [9.17, 15) is 4.79 Å². The van der Waals surface area contributed by atoms with Gasteiger partial charge in [-0.1, -0.05) is 12.1 Å². The number of pyridine rings is 1. The number of aryl methyl sites for hydroxylation is 1. The predicted molar refractivity (Wildman–Crippen MR) is 65.9 cm³/mol. The van der Waals surface area contributed by atoms with E-state index < -0.39 is 0 Å². The molecule has 2 rings (SSSR count). The van der Waals surface area contributed by atoms with Gasteiger partial charge >= 0.3 is 0 Å². The second kappa shape index (κ2) is 5.44. The smallest absolute Gasteiger partial charge is 0.254 e. The Bertz CT molecular complexity index is 523. The van der Waals surface area contributed by atoms with E-state index in [1.807, 2.05) is 13.0 Å². The highest BCUT2D eigenvalue weighted by molar-refractivity contribution is 5.94. The summed E-state index contributed by atoms with van der Waals surface area (Å²) in [7, 11) is 1.74. The average molecular weight is 245 g/mol. The van der Waals surface area contributed by atoms with Crippen LogP contribution in [-0.2, 0) is 13.0 Å². The van der Waals surface area contributed by atoms with E-state index >= 15 is 0 Å². The lowest BCUT2D eigenvalue weighted by Crippen LogP contribution is -2.26. The van der Waals surface area contributed by atoms with Gasteiger partial charge in [0.25, 0.3) is 5.91 Å². The molecule has 0 saturated carbocycles. The maximum Gasteiger partial charge on any atom is 0.254 e. The first-order valence-electron chi connectivity index (χ1n) is 5.80. The van der Waals surface area contributed by atoms with Crippen molar-refractivity contribution in [3.05, 3.63) is 47.6 Å². The van der Waals surface area contributed by atoms with Crippen molar-refractivity contribution in [2.75, 3.05) is 7.05 Å². The summed E-state index contributed by atoms with van der Waals surface area (Å²) < 4.78 is 4.74. The summed E-state index contributed by atoms with van der Waals surface area (Å²) in [5.74, 6) is -0.0462. The van der Waals surface area contributed by atoms with Gasteiger partial charge in [-0.2, -0.15) is 0 Å². The van der Waals surface area contributed by atoms with E-state index in [0.29, 0.717) is 12.1 Å². The molecule has 5 nitrogen and oxygen atoms in total. The zero-order valence-corrected chi connectivity index (χ0v) is 10.5. The van der Waals surface area contributed by atoms with Crippen molar-refractivity contribution in [1.82, 2.24) is 15.0 Å². The Morgan fingerprint density at radius 2 is 2.22 bits per heavy atom. The number of amides is 1. The van der Waals surface area contributed by atoms with Crippen molar-refractivity contribution in [2.24, 2.45) is 0 Å². The molecule has 0 aromatic carbocycles. The van der Waals surface area contributed by atoms with E-state index in [2.05, 4.69) is 10.1 Å². The van der Waals surface area contributed by atoms with Crippen LogP contribution < -0.4 is 0 Å². The minimum atomic E-state index is -0.0462. The molecule has 0 radical (unpaired) electrons. The molecule has 2 aromatic heterocycles. The zero-order chi connectivity index (χ0) is 13.0. The Kier molecular flexibility index (Phi) is 3.72. The Balaban J connectivity index is 2.10. The molecule has 94 valence electrons. The van der Waals surface area contributed by atoms with Crippen LogP contribution >= 0.6 is 0 Å². The molecule has 0 aliphatic carbocycles. The van der Waals surface area contributed by atoms with Gasteiger partial charge in [0.15, 0.2) is 0 Å². The number of carbonyl (C=O) groups is 1. The fraction of sp³-hybridized carbons (Fsp3) is 0.308. The van der Waals surface area contributed by atoms with Crippen LogP contribution in [0, 0.1) is 0 Å². The van der Waals surface area contributed by atoms with Gasteiger partial charge in [0, 0.05) is 30.6 Å². The van der Waals surface area contributed by atoms with Crippen LogP contribution in [0.5, 0.6) is 0 Å². The number of rotatable bonds is 4. The van der Waals surface area contributed by atoms with Crippen LogP contribution in [0.3, 0.4) is 0 Å². The van der Waals surface area contributed by atoms with Crippen LogP contribution in [-0.4, -0.2) is 28.0 Å². The van der Waals surface area contributed by atoms with E-state index in [4.69, 9.17) is 4.52 Å². The fourth-order valence-corrected chi connectivity index (χ4v) is 1.66. The first-order valence-corrected chi connectivity index (χ1v) is 5.80. The molecule has 0 spiro atoms. The first-order chi connectivity index (χ1) is 8.70. The molecular formula is C13H15N3O2. The molecule has 2 heterocycles. The summed E-state index contributed by atoms with van der Waals surface area (Å²) in [6, 6.07) is 5.29. The topological polar surface area (TPSA) is 59.2 Å². The summed E-state index contributed by atoms with van der Waals surface area (Å²) >= 11 is 0. The van der Waals surface area contributed by atoms with Crippen molar-refractivity contribution in [1.29, 1.82) is 0 Å². The van der Waals surface area contributed by atoms with Gasteiger partial charge in [0.2, 0.25) is 0 Å². The molecule has 0 unspecified atom stereocenters. The molecule has 0 N–H and O–H groups in total. The zero-order valence-electron chi connectivity index (χ0n) is 10.5. The maximum absolute atomic E-state index is 12.2. The number of hydrogen-bond donors (Lipinski definition) is 0. The molecule has 0 fully saturated rings. The normalized spacial score (nSPS) is 10.3. The Morgan fingerprint density at radius 1 is 1.39 bits per heavy atom. The molecule has 0 bridgehead atoms. The van der Waals surface area contributed by atoms with E-state index in [1.54, 1.807) is 30.3 Å². The molecule has 0 saturated heterocycles. The second-order valence-electron chi connectivity index (χ2n) is 4.04. The molecule has 0 atom stereocenters. The molecule has 1 amide bonds. The van der Waals surface area contributed by atoms with Crippen molar-refractivity contribution < 1.29 is 9.32 Å². The highest BCUT2D eigenvalue weighted by atomic mass is 16.5. The van der Waals surface area contributed by atoms with Crippen LogP contribution in [0.25, 0.3) is 0 Å². The summed E-state index contributed by atoms with van der Waals surface area (Å²) in [6.07, 6.45) is 3.97. The third-order valence-electron chi connectivity index (χ3n) is 2.66. The molecular weight excluding hydrogens is 230 g/mol. The van der Waals surface area contributed by atoms with Gasteiger partial charge in [0.1, 0.15) is 12.0 Å². The van der Waals surface area contributed by atoms with Crippen LogP contribution in [0.2, 0.25) is 0 Å². The Morgan fingerprint density at radius 3 is 2.89 bits per heavy atom. The number of nitrogens with zero attached hydrogens (tertiary/aromatic N) is 3. The maximum atomic E-state index is 12.2.